The van der Waals surface area contributed by atoms with E-state index in [4.69, 9.17) is 5.11 Å². The fourth-order valence-electron chi connectivity index (χ4n) is 2.27. The van der Waals surface area contributed by atoms with Crippen LogP contribution in [0.2, 0.25) is 0 Å². The average molecular weight is 283 g/mol. The van der Waals surface area contributed by atoms with Gasteiger partial charge in [0.25, 0.3) is 0 Å². The number of hydrogen-bond donors (Lipinski definition) is 1. The van der Waals surface area contributed by atoms with Crippen molar-refractivity contribution in [1.82, 2.24) is 0 Å². The van der Waals surface area contributed by atoms with Gasteiger partial charge in [-0.2, -0.15) is 0 Å². The molecule has 1 aromatic carbocycles. The molecular formula is C13H17NO4S. The lowest BCUT2D eigenvalue weighted by atomic mass is 10.0. The monoisotopic (exact) mass is 283 g/mol. The fraction of sp³-hybridized carbons (Fsp3) is 0.462. The van der Waals surface area contributed by atoms with Crippen molar-refractivity contribution >= 4 is 21.7 Å². The minimum absolute atomic E-state index is 0.343. The minimum Gasteiger partial charge on any atom is -0.480 e. The van der Waals surface area contributed by atoms with Crippen molar-refractivity contribution in [2.75, 3.05) is 10.8 Å². The molecule has 0 spiro atoms. The van der Waals surface area contributed by atoms with Gasteiger partial charge in [-0.3, -0.25) is 9.10 Å². The zero-order chi connectivity index (χ0) is 14.2. The van der Waals surface area contributed by atoms with Crippen molar-refractivity contribution < 1.29 is 18.3 Å². The van der Waals surface area contributed by atoms with Gasteiger partial charge in [-0.05, 0) is 38.3 Å². The maximum absolute atomic E-state index is 12.3. The third-order valence-corrected chi connectivity index (χ3v) is 5.50. The van der Waals surface area contributed by atoms with Crippen molar-refractivity contribution in [3.05, 3.63) is 29.3 Å². The summed E-state index contributed by atoms with van der Waals surface area (Å²) in [4.78, 5) is 10.9. The van der Waals surface area contributed by atoms with Crippen molar-refractivity contribution in [2.45, 2.75) is 31.9 Å². The van der Waals surface area contributed by atoms with E-state index in [0.29, 0.717) is 18.7 Å². The number of aryl methyl sites for hydroxylation is 2. The Morgan fingerprint density at radius 3 is 2.74 bits per heavy atom. The largest absolute Gasteiger partial charge is 0.480 e. The summed E-state index contributed by atoms with van der Waals surface area (Å²) in [5.41, 5.74) is 2.65. The zero-order valence-corrected chi connectivity index (χ0v) is 11.8. The molecule has 0 radical (unpaired) electrons. The molecule has 0 aliphatic carbocycles. The number of fused-ring (bicyclic) bond motifs is 1. The van der Waals surface area contributed by atoms with E-state index >= 15 is 0 Å². The van der Waals surface area contributed by atoms with Gasteiger partial charge in [0.1, 0.15) is 0 Å². The van der Waals surface area contributed by atoms with Gasteiger partial charge in [0.05, 0.1) is 5.69 Å². The Morgan fingerprint density at radius 1 is 1.42 bits per heavy atom. The molecule has 1 aromatic rings. The van der Waals surface area contributed by atoms with Gasteiger partial charge >= 0.3 is 5.97 Å². The highest BCUT2D eigenvalue weighted by atomic mass is 32.2. The number of anilines is 1. The molecule has 19 heavy (non-hydrogen) atoms. The summed E-state index contributed by atoms with van der Waals surface area (Å²) in [5.74, 6) is -1.32. The molecule has 0 aromatic heterocycles. The smallest absolute Gasteiger partial charge is 0.323 e. The van der Waals surface area contributed by atoms with Crippen molar-refractivity contribution in [1.29, 1.82) is 0 Å². The summed E-state index contributed by atoms with van der Waals surface area (Å²) >= 11 is 0. The molecule has 0 fully saturated rings. The van der Waals surface area contributed by atoms with E-state index in [1.807, 2.05) is 19.1 Å². The van der Waals surface area contributed by atoms with Crippen LogP contribution >= 0.6 is 0 Å². The molecule has 1 aliphatic rings. The van der Waals surface area contributed by atoms with E-state index in [0.717, 1.165) is 17.5 Å². The number of rotatable bonds is 3. The van der Waals surface area contributed by atoms with E-state index in [2.05, 4.69) is 0 Å². The van der Waals surface area contributed by atoms with Gasteiger partial charge in [-0.15, -0.1) is 0 Å². The summed E-state index contributed by atoms with van der Waals surface area (Å²) in [5, 5.41) is 7.50. The molecule has 6 heteroatoms. The van der Waals surface area contributed by atoms with Gasteiger partial charge < -0.3 is 5.11 Å². The second-order valence-corrected chi connectivity index (χ2v) is 7.01. The summed E-state index contributed by atoms with van der Waals surface area (Å²) < 4.78 is 25.9. The summed E-state index contributed by atoms with van der Waals surface area (Å²) in [6.07, 6.45) is 1.53. The summed E-state index contributed by atoms with van der Waals surface area (Å²) in [7, 11) is -3.85. The normalized spacial score (nSPS) is 16.8. The highest BCUT2D eigenvalue weighted by molar-refractivity contribution is 7.94. The Balaban J connectivity index is 2.47. The van der Waals surface area contributed by atoms with Crippen LogP contribution in [0.3, 0.4) is 0 Å². The van der Waals surface area contributed by atoms with Gasteiger partial charge in [0.15, 0.2) is 5.25 Å². The number of carbonyl (C=O) groups is 1. The number of nitrogens with zero attached hydrogens (tertiary/aromatic N) is 1. The molecule has 0 amide bonds. The quantitative estimate of drug-likeness (QED) is 0.913. The van der Waals surface area contributed by atoms with Crippen LogP contribution in [0.1, 0.15) is 24.5 Å². The van der Waals surface area contributed by atoms with Crippen LogP contribution < -0.4 is 4.31 Å². The number of benzene rings is 1. The Hall–Kier alpha value is -1.56. The van der Waals surface area contributed by atoms with Crippen LogP contribution in [-0.2, 0) is 21.2 Å². The summed E-state index contributed by atoms with van der Waals surface area (Å²) in [6, 6.07) is 5.57. The van der Waals surface area contributed by atoms with E-state index in [1.54, 1.807) is 6.07 Å². The Bertz CT molecular complexity index is 609. The molecule has 0 saturated heterocycles. The molecule has 1 aliphatic heterocycles. The molecule has 0 bridgehead atoms. The summed E-state index contributed by atoms with van der Waals surface area (Å²) in [6.45, 7) is 3.50. The molecule has 1 N–H and O–H groups in total. The van der Waals surface area contributed by atoms with Crippen LogP contribution in [0.25, 0.3) is 0 Å². The van der Waals surface area contributed by atoms with Gasteiger partial charge in [-0.25, -0.2) is 8.42 Å². The molecular weight excluding hydrogens is 266 g/mol. The lowest BCUT2D eigenvalue weighted by molar-refractivity contribution is -0.136. The predicted octanol–water partition coefficient (Wildman–Crippen LogP) is 1.55. The first-order valence-electron chi connectivity index (χ1n) is 6.18. The molecule has 1 unspecified atom stereocenters. The molecule has 0 saturated carbocycles. The molecule has 104 valence electrons. The van der Waals surface area contributed by atoms with Crippen LogP contribution in [-0.4, -0.2) is 31.3 Å². The second-order valence-electron chi connectivity index (χ2n) is 4.83. The van der Waals surface area contributed by atoms with E-state index in [1.165, 1.54) is 11.2 Å². The number of sulfonamides is 1. The van der Waals surface area contributed by atoms with Crippen molar-refractivity contribution in [3.63, 3.8) is 0 Å². The molecule has 5 nitrogen and oxygen atoms in total. The number of carboxylic acid groups (broad SMARTS) is 1. The second kappa shape index (κ2) is 4.85. The maximum Gasteiger partial charge on any atom is 0.323 e. The lowest BCUT2D eigenvalue weighted by Crippen LogP contribution is -2.43. The number of hydrogen-bond acceptors (Lipinski definition) is 3. The SMILES string of the molecule is Cc1ccc2c(c1)CCCN2S(=O)(=O)C(C)C(=O)O. The highest BCUT2D eigenvalue weighted by Gasteiger charge is 2.36. The minimum atomic E-state index is -3.85. The number of carboxylic acids is 1. The molecule has 2 rings (SSSR count). The zero-order valence-electron chi connectivity index (χ0n) is 11.0. The first kappa shape index (κ1) is 13.9. The third-order valence-electron chi connectivity index (χ3n) is 3.41. The number of aliphatic carboxylic acids is 1. The maximum atomic E-state index is 12.3. The van der Waals surface area contributed by atoms with Crippen LogP contribution in [0, 0.1) is 6.92 Å². The highest BCUT2D eigenvalue weighted by Crippen LogP contribution is 2.31. The first-order valence-corrected chi connectivity index (χ1v) is 7.68. The third kappa shape index (κ3) is 2.45. The van der Waals surface area contributed by atoms with Crippen LogP contribution in [0.5, 0.6) is 0 Å². The van der Waals surface area contributed by atoms with Crippen LogP contribution in [0.15, 0.2) is 18.2 Å². The van der Waals surface area contributed by atoms with E-state index in [-0.39, 0.29) is 0 Å². The van der Waals surface area contributed by atoms with Crippen molar-refractivity contribution in [2.24, 2.45) is 0 Å². The van der Waals surface area contributed by atoms with Gasteiger partial charge in [0, 0.05) is 6.54 Å². The molecule has 1 heterocycles. The Kier molecular flexibility index (Phi) is 3.54. The predicted molar refractivity (Wildman–Crippen MR) is 72.9 cm³/mol. The molecule has 1 atom stereocenters. The van der Waals surface area contributed by atoms with Gasteiger partial charge in [-0.1, -0.05) is 17.7 Å². The van der Waals surface area contributed by atoms with E-state index < -0.39 is 21.2 Å². The van der Waals surface area contributed by atoms with E-state index in [9.17, 15) is 13.2 Å². The first-order chi connectivity index (χ1) is 8.84. The lowest BCUT2D eigenvalue weighted by Gasteiger charge is -2.31. The van der Waals surface area contributed by atoms with Crippen LogP contribution in [0.4, 0.5) is 5.69 Å². The Labute approximate surface area is 112 Å². The fourth-order valence-corrected chi connectivity index (χ4v) is 3.75. The van der Waals surface area contributed by atoms with Crippen molar-refractivity contribution in [3.8, 4) is 0 Å². The van der Waals surface area contributed by atoms with Gasteiger partial charge in [0.2, 0.25) is 10.0 Å². The standard InChI is InChI=1S/C13H17NO4S/c1-9-5-6-12-11(8-9)4-3-7-14(12)19(17,18)10(2)13(15)16/h5-6,8,10H,3-4,7H2,1-2H3,(H,15,16). The topological polar surface area (TPSA) is 74.7 Å². The average Bonchev–Trinajstić information content (AvgIpc) is 2.36. The Morgan fingerprint density at radius 2 is 2.11 bits per heavy atom.